The van der Waals surface area contributed by atoms with Gasteiger partial charge in [0.2, 0.25) is 0 Å². The van der Waals surface area contributed by atoms with Gasteiger partial charge in [0.25, 0.3) is 0 Å². The van der Waals surface area contributed by atoms with Gasteiger partial charge in [-0.3, -0.25) is 4.99 Å². The van der Waals surface area contributed by atoms with Crippen molar-refractivity contribution in [2.24, 2.45) is 4.99 Å². The molecule has 15 heavy (non-hydrogen) atoms. The van der Waals surface area contributed by atoms with E-state index in [9.17, 15) is 0 Å². The minimum atomic E-state index is 1.08. The van der Waals surface area contributed by atoms with Crippen molar-refractivity contribution in [3.63, 3.8) is 0 Å². The molecule has 0 unspecified atom stereocenters. The average molecular weight is 210 g/mol. The lowest BCUT2D eigenvalue weighted by Gasteiger charge is -2.15. The van der Waals surface area contributed by atoms with Gasteiger partial charge in [0.05, 0.1) is 0 Å². The number of aliphatic imine (C=N–C) groups is 1. The minimum Gasteiger partial charge on any atom is -0.306 e. The van der Waals surface area contributed by atoms with Crippen LogP contribution in [0.5, 0.6) is 0 Å². The Morgan fingerprint density at radius 3 is 2.60 bits per heavy atom. The molecule has 0 spiro atoms. The maximum absolute atomic E-state index is 4.32. The number of unbranched alkanes of at least 4 members (excludes halogenated alkanes) is 2. The first-order valence-electron chi connectivity index (χ1n) is 6.03. The Morgan fingerprint density at radius 2 is 2.00 bits per heavy atom. The SMILES string of the molecule is C/C=C\N=C(C)CCN(C)CCCCC. The van der Waals surface area contributed by atoms with E-state index in [1.165, 1.54) is 31.5 Å². The molecule has 2 nitrogen and oxygen atoms in total. The second-order valence-electron chi connectivity index (χ2n) is 4.11. The zero-order valence-electron chi connectivity index (χ0n) is 10.8. The zero-order chi connectivity index (χ0) is 11.5. The predicted molar refractivity (Wildman–Crippen MR) is 69.6 cm³/mol. The van der Waals surface area contributed by atoms with Crippen LogP contribution < -0.4 is 0 Å². The zero-order valence-corrected chi connectivity index (χ0v) is 10.8. The number of hydrogen-bond donors (Lipinski definition) is 0. The molecule has 0 N–H and O–H groups in total. The molecule has 0 atom stereocenters. The lowest BCUT2D eigenvalue weighted by atomic mass is 10.2. The van der Waals surface area contributed by atoms with Gasteiger partial charge in [-0.2, -0.15) is 0 Å². The summed E-state index contributed by atoms with van der Waals surface area (Å²) in [5, 5.41) is 0. The molecule has 0 aromatic carbocycles. The van der Waals surface area contributed by atoms with Gasteiger partial charge in [-0.25, -0.2) is 0 Å². The van der Waals surface area contributed by atoms with Gasteiger partial charge >= 0.3 is 0 Å². The van der Waals surface area contributed by atoms with E-state index in [0.29, 0.717) is 0 Å². The van der Waals surface area contributed by atoms with E-state index >= 15 is 0 Å². The van der Waals surface area contributed by atoms with Gasteiger partial charge < -0.3 is 4.90 Å². The lowest BCUT2D eigenvalue weighted by Crippen LogP contribution is -2.22. The Kier molecular flexibility index (Phi) is 9.49. The van der Waals surface area contributed by atoms with Crippen molar-refractivity contribution in [3.05, 3.63) is 12.3 Å². The van der Waals surface area contributed by atoms with E-state index in [0.717, 1.165) is 13.0 Å². The Morgan fingerprint density at radius 1 is 1.27 bits per heavy atom. The molecule has 0 fully saturated rings. The fourth-order valence-corrected chi connectivity index (χ4v) is 1.36. The largest absolute Gasteiger partial charge is 0.306 e. The highest BCUT2D eigenvalue weighted by molar-refractivity contribution is 5.82. The highest BCUT2D eigenvalue weighted by atomic mass is 15.1. The number of nitrogens with zero attached hydrogens (tertiary/aromatic N) is 2. The van der Waals surface area contributed by atoms with Crippen LogP contribution in [0.25, 0.3) is 0 Å². The first-order valence-corrected chi connectivity index (χ1v) is 6.03. The van der Waals surface area contributed by atoms with E-state index in [1.54, 1.807) is 0 Å². The summed E-state index contributed by atoms with van der Waals surface area (Å²) in [6, 6.07) is 0. The summed E-state index contributed by atoms with van der Waals surface area (Å²) >= 11 is 0. The van der Waals surface area contributed by atoms with Crippen molar-refractivity contribution < 1.29 is 0 Å². The molecule has 0 saturated carbocycles. The number of hydrogen-bond acceptors (Lipinski definition) is 2. The summed E-state index contributed by atoms with van der Waals surface area (Å²) in [5.41, 5.74) is 1.22. The van der Waals surface area contributed by atoms with E-state index in [4.69, 9.17) is 0 Å². The molecule has 0 rings (SSSR count). The molecule has 0 aromatic heterocycles. The molecule has 0 amide bonds. The molecule has 0 heterocycles. The molecule has 0 aromatic rings. The summed E-state index contributed by atoms with van der Waals surface area (Å²) in [7, 11) is 2.19. The Balaban J connectivity index is 3.56. The molecule has 0 aliphatic heterocycles. The van der Waals surface area contributed by atoms with Crippen LogP contribution in [-0.4, -0.2) is 30.7 Å². The molecule has 0 aliphatic carbocycles. The standard InChI is InChI=1S/C13H26N2/c1-5-7-8-11-15(4)12-9-13(3)14-10-6-2/h6,10H,5,7-9,11-12H2,1-4H3/b10-6-,14-13?. The van der Waals surface area contributed by atoms with Crippen molar-refractivity contribution >= 4 is 5.71 Å². The van der Waals surface area contributed by atoms with Crippen molar-refractivity contribution in [1.29, 1.82) is 0 Å². The highest BCUT2D eigenvalue weighted by Crippen LogP contribution is 1.98. The third-order valence-electron chi connectivity index (χ3n) is 2.44. The molecule has 0 saturated heterocycles. The summed E-state index contributed by atoms with van der Waals surface area (Å²) in [6.45, 7) is 8.67. The summed E-state index contributed by atoms with van der Waals surface area (Å²) < 4.78 is 0. The fourth-order valence-electron chi connectivity index (χ4n) is 1.36. The summed E-state index contributed by atoms with van der Waals surface area (Å²) in [4.78, 5) is 6.71. The van der Waals surface area contributed by atoms with Gasteiger partial charge in [-0.05, 0) is 40.3 Å². The molecule has 0 bridgehead atoms. The van der Waals surface area contributed by atoms with Crippen LogP contribution >= 0.6 is 0 Å². The van der Waals surface area contributed by atoms with Gasteiger partial charge in [0.1, 0.15) is 0 Å². The van der Waals surface area contributed by atoms with Crippen molar-refractivity contribution in [1.82, 2.24) is 4.90 Å². The smallest absolute Gasteiger partial charge is 0.0224 e. The van der Waals surface area contributed by atoms with Gasteiger partial charge in [0, 0.05) is 18.5 Å². The van der Waals surface area contributed by atoms with Gasteiger partial charge in [-0.15, -0.1) is 0 Å². The van der Waals surface area contributed by atoms with Crippen LogP contribution in [0.3, 0.4) is 0 Å². The van der Waals surface area contributed by atoms with Crippen molar-refractivity contribution in [2.75, 3.05) is 20.1 Å². The molecular weight excluding hydrogens is 184 g/mol. The van der Waals surface area contributed by atoms with Gasteiger partial charge in [-0.1, -0.05) is 25.8 Å². The number of allylic oxidation sites excluding steroid dienone is 1. The highest BCUT2D eigenvalue weighted by Gasteiger charge is 1.98. The monoisotopic (exact) mass is 210 g/mol. The second kappa shape index (κ2) is 9.91. The van der Waals surface area contributed by atoms with Crippen LogP contribution in [0.4, 0.5) is 0 Å². The molecule has 2 heteroatoms. The summed E-state index contributed by atoms with van der Waals surface area (Å²) in [5.74, 6) is 0. The van der Waals surface area contributed by atoms with E-state index < -0.39 is 0 Å². The van der Waals surface area contributed by atoms with Crippen LogP contribution in [0.1, 0.15) is 46.5 Å². The first-order chi connectivity index (χ1) is 7.20. The molecule has 88 valence electrons. The van der Waals surface area contributed by atoms with Crippen LogP contribution in [0, 0.1) is 0 Å². The third-order valence-corrected chi connectivity index (χ3v) is 2.44. The van der Waals surface area contributed by atoms with E-state index in [2.05, 4.69) is 30.8 Å². The normalized spacial score (nSPS) is 13.0. The minimum absolute atomic E-state index is 1.08. The van der Waals surface area contributed by atoms with Crippen molar-refractivity contribution in [2.45, 2.75) is 46.5 Å². The maximum Gasteiger partial charge on any atom is 0.0224 e. The van der Waals surface area contributed by atoms with Crippen LogP contribution in [0.2, 0.25) is 0 Å². The maximum atomic E-state index is 4.32. The van der Waals surface area contributed by atoms with Crippen LogP contribution in [-0.2, 0) is 0 Å². The predicted octanol–water partition coefficient (Wildman–Crippen LogP) is 3.49. The quantitative estimate of drug-likeness (QED) is 0.442. The second-order valence-corrected chi connectivity index (χ2v) is 4.11. The van der Waals surface area contributed by atoms with Gasteiger partial charge in [0.15, 0.2) is 0 Å². The lowest BCUT2D eigenvalue weighted by molar-refractivity contribution is 0.334. The fraction of sp³-hybridized carbons (Fsp3) is 0.769. The first kappa shape index (κ1) is 14.4. The van der Waals surface area contributed by atoms with E-state index in [-0.39, 0.29) is 0 Å². The summed E-state index contributed by atoms with van der Waals surface area (Å²) in [6.07, 6.45) is 8.87. The van der Waals surface area contributed by atoms with Crippen molar-refractivity contribution in [3.8, 4) is 0 Å². The average Bonchev–Trinajstić information content (AvgIpc) is 2.24. The molecular formula is C13H26N2. The van der Waals surface area contributed by atoms with Crippen LogP contribution in [0.15, 0.2) is 17.3 Å². The Bertz CT molecular complexity index is 195. The van der Waals surface area contributed by atoms with E-state index in [1.807, 2.05) is 19.2 Å². The molecule has 0 radical (unpaired) electrons. The number of rotatable bonds is 8. The third kappa shape index (κ3) is 9.67. The topological polar surface area (TPSA) is 15.6 Å². The Labute approximate surface area is 95.1 Å². The Hall–Kier alpha value is -0.630. The molecule has 0 aliphatic rings.